The normalized spacial score (nSPS) is 11.6. The van der Waals surface area contributed by atoms with Gasteiger partial charge in [0, 0.05) is 38.3 Å². The van der Waals surface area contributed by atoms with Crippen molar-refractivity contribution in [2.24, 2.45) is 0 Å². The van der Waals surface area contributed by atoms with Gasteiger partial charge in [0.2, 0.25) is 0 Å². The van der Waals surface area contributed by atoms with Crippen molar-refractivity contribution in [2.45, 2.75) is 0 Å². The average Bonchev–Trinajstić information content (AvgIpc) is 3.64. The van der Waals surface area contributed by atoms with E-state index in [1.165, 1.54) is 71.5 Å². The molecule has 1 N–H and O–H groups in total. The summed E-state index contributed by atoms with van der Waals surface area (Å²) in [5.74, 6) is 0. The van der Waals surface area contributed by atoms with E-state index >= 15 is 0 Å². The molecule has 0 saturated carbocycles. The van der Waals surface area contributed by atoms with Crippen molar-refractivity contribution in [3.8, 4) is 39.1 Å². The van der Waals surface area contributed by atoms with E-state index in [1.54, 1.807) is 0 Å². The number of hydrogen-bond donors (Lipinski definition) is 1. The predicted molar refractivity (Wildman–Crippen MR) is 186 cm³/mol. The first-order chi connectivity index (χ1) is 21.8. The van der Waals surface area contributed by atoms with Crippen LogP contribution in [0.3, 0.4) is 0 Å². The highest BCUT2D eigenvalue weighted by atomic mass is 15.0. The molecule has 0 aliphatic heterocycles. The summed E-state index contributed by atoms with van der Waals surface area (Å²) in [7, 11) is 0. The van der Waals surface area contributed by atoms with E-state index in [1.807, 2.05) is 0 Å². The first kappa shape index (κ1) is 24.7. The van der Waals surface area contributed by atoms with Gasteiger partial charge >= 0.3 is 0 Å². The number of benzene rings is 7. The molecule has 2 nitrogen and oxygen atoms in total. The minimum atomic E-state index is 1.15. The maximum absolute atomic E-state index is 3.62. The van der Waals surface area contributed by atoms with Gasteiger partial charge in [-0.05, 0) is 75.8 Å². The first-order valence-corrected chi connectivity index (χ1v) is 15.1. The van der Waals surface area contributed by atoms with Crippen molar-refractivity contribution in [1.29, 1.82) is 0 Å². The van der Waals surface area contributed by atoms with E-state index in [2.05, 4.69) is 173 Å². The van der Waals surface area contributed by atoms with Gasteiger partial charge in [-0.2, -0.15) is 0 Å². The molecular weight excluding hydrogens is 532 g/mol. The standard InChI is InChI=1S/C42H28N2/c1-3-11-28(12-4-1)32-23-33(29-13-5-2-6-14-29)25-34(24-32)44-41-18-10-8-16-37(41)38-22-20-31(27-42(38)44)30-19-21-36-35-15-7-9-17-39(35)43-40(36)26-30/h1-27,43H. The molecule has 0 unspecified atom stereocenters. The number of fused-ring (bicyclic) bond motifs is 6. The number of hydrogen-bond acceptors (Lipinski definition) is 0. The molecule has 7 aromatic carbocycles. The van der Waals surface area contributed by atoms with E-state index in [4.69, 9.17) is 0 Å². The molecule has 0 atom stereocenters. The number of para-hydroxylation sites is 2. The number of H-pyrrole nitrogens is 1. The zero-order chi connectivity index (χ0) is 29.0. The van der Waals surface area contributed by atoms with Crippen LogP contribution in [0.25, 0.3) is 82.7 Å². The molecule has 9 aromatic rings. The Morgan fingerprint density at radius 3 is 1.59 bits per heavy atom. The van der Waals surface area contributed by atoms with E-state index in [0.29, 0.717) is 0 Å². The summed E-state index contributed by atoms with van der Waals surface area (Å²) in [5.41, 5.74) is 13.1. The molecule has 0 spiro atoms. The summed E-state index contributed by atoms with van der Waals surface area (Å²) in [5, 5.41) is 5.02. The van der Waals surface area contributed by atoms with Crippen LogP contribution >= 0.6 is 0 Å². The number of aromatic amines is 1. The molecule has 2 heterocycles. The third-order valence-electron chi connectivity index (χ3n) is 8.90. The molecule has 0 aliphatic carbocycles. The number of nitrogens with zero attached hydrogens (tertiary/aromatic N) is 1. The zero-order valence-electron chi connectivity index (χ0n) is 24.0. The van der Waals surface area contributed by atoms with Crippen molar-refractivity contribution < 1.29 is 0 Å². The lowest BCUT2D eigenvalue weighted by Crippen LogP contribution is -1.96. The molecule has 0 bridgehead atoms. The molecular formula is C42H28N2. The Bertz CT molecular complexity index is 2420. The van der Waals surface area contributed by atoms with E-state index in [9.17, 15) is 0 Å². The summed E-state index contributed by atoms with van der Waals surface area (Å²) in [6.07, 6.45) is 0. The molecule has 0 radical (unpaired) electrons. The van der Waals surface area contributed by atoms with Gasteiger partial charge in [0.25, 0.3) is 0 Å². The summed E-state index contributed by atoms with van der Waals surface area (Å²) in [4.78, 5) is 3.62. The van der Waals surface area contributed by atoms with Gasteiger partial charge in [-0.15, -0.1) is 0 Å². The average molecular weight is 561 g/mol. The maximum atomic E-state index is 3.62. The summed E-state index contributed by atoms with van der Waals surface area (Å²) < 4.78 is 2.44. The zero-order valence-corrected chi connectivity index (χ0v) is 24.0. The van der Waals surface area contributed by atoms with Crippen LogP contribution in [-0.4, -0.2) is 9.55 Å². The summed E-state index contributed by atoms with van der Waals surface area (Å²) >= 11 is 0. The van der Waals surface area contributed by atoms with E-state index < -0.39 is 0 Å². The molecule has 2 heteroatoms. The van der Waals surface area contributed by atoms with Crippen LogP contribution in [0.5, 0.6) is 0 Å². The van der Waals surface area contributed by atoms with Crippen molar-refractivity contribution in [1.82, 2.24) is 9.55 Å². The van der Waals surface area contributed by atoms with Gasteiger partial charge in [-0.1, -0.05) is 121 Å². The highest BCUT2D eigenvalue weighted by Gasteiger charge is 2.16. The Balaban J connectivity index is 1.29. The second-order valence-corrected chi connectivity index (χ2v) is 11.5. The second-order valence-electron chi connectivity index (χ2n) is 11.5. The summed E-state index contributed by atoms with van der Waals surface area (Å²) in [6, 6.07) is 59.3. The molecule has 44 heavy (non-hydrogen) atoms. The molecule has 0 aliphatic rings. The van der Waals surface area contributed by atoms with Gasteiger partial charge in [0.15, 0.2) is 0 Å². The topological polar surface area (TPSA) is 20.7 Å². The van der Waals surface area contributed by atoms with Crippen LogP contribution in [-0.2, 0) is 0 Å². The molecule has 0 amide bonds. The van der Waals surface area contributed by atoms with Crippen molar-refractivity contribution in [3.05, 3.63) is 164 Å². The third kappa shape index (κ3) is 3.96. The van der Waals surface area contributed by atoms with Gasteiger partial charge in [-0.25, -0.2) is 0 Å². The van der Waals surface area contributed by atoms with Crippen LogP contribution < -0.4 is 0 Å². The molecule has 0 fully saturated rings. The Hall–Kier alpha value is -5.86. The predicted octanol–water partition coefficient (Wildman–Crippen LogP) is 11.4. The first-order valence-electron chi connectivity index (χ1n) is 15.1. The SMILES string of the molecule is c1ccc(-c2cc(-c3ccccc3)cc(-n3c4ccccc4c4ccc(-c5ccc6c(c5)[nH]c5ccccc56)cc43)c2)cc1. The largest absolute Gasteiger partial charge is 0.354 e. The van der Waals surface area contributed by atoms with Crippen LogP contribution in [0.2, 0.25) is 0 Å². The number of rotatable bonds is 4. The smallest absolute Gasteiger partial charge is 0.0547 e. The highest BCUT2D eigenvalue weighted by molar-refractivity contribution is 6.11. The van der Waals surface area contributed by atoms with Crippen molar-refractivity contribution in [2.75, 3.05) is 0 Å². The fourth-order valence-electron chi connectivity index (χ4n) is 6.80. The number of aromatic nitrogens is 2. The number of nitrogens with one attached hydrogen (secondary N) is 1. The van der Waals surface area contributed by atoms with E-state index in [-0.39, 0.29) is 0 Å². The minimum absolute atomic E-state index is 1.15. The molecule has 0 saturated heterocycles. The van der Waals surface area contributed by atoms with Crippen LogP contribution in [0.1, 0.15) is 0 Å². The third-order valence-corrected chi connectivity index (χ3v) is 8.90. The Kier molecular flexibility index (Phi) is 5.54. The monoisotopic (exact) mass is 560 g/mol. The van der Waals surface area contributed by atoms with Crippen LogP contribution in [0, 0.1) is 0 Å². The van der Waals surface area contributed by atoms with Gasteiger partial charge in [0.05, 0.1) is 11.0 Å². The van der Waals surface area contributed by atoms with Crippen molar-refractivity contribution in [3.63, 3.8) is 0 Å². The summed E-state index contributed by atoms with van der Waals surface area (Å²) in [6.45, 7) is 0. The lowest BCUT2D eigenvalue weighted by Gasteiger charge is -2.14. The van der Waals surface area contributed by atoms with Crippen LogP contribution in [0.4, 0.5) is 0 Å². The minimum Gasteiger partial charge on any atom is -0.354 e. The quantitative estimate of drug-likeness (QED) is 0.221. The van der Waals surface area contributed by atoms with Crippen molar-refractivity contribution >= 4 is 43.6 Å². The fourth-order valence-corrected chi connectivity index (χ4v) is 6.80. The lowest BCUT2D eigenvalue weighted by atomic mass is 9.98. The Morgan fingerprint density at radius 1 is 0.318 bits per heavy atom. The van der Waals surface area contributed by atoms with Gasteiger partial charge in [-0.3, -0.25) is 0 Å². The Morgan fingerprint density at radius 2 is 0.864 bits per heavy atom. The van der Waals surface area contributed by atoms with E-state index in [0.717, 1.165) is 11.2 Å². The maximum Gasteiger partial charge on any atom is 0.0547 e. The second kappa shape index (κ2) is 9.86. The van der Waals surface area contributed by atoms with Crippen LogP contribution in [0.15, 0.2) is 164 Å². The lowest BCUT2D eigenvalue weighted by molar-refractivity contribution is 1.18. The van der Waals surface area contributed by atoms with Gasteiger partial charge in [0.1, 0.15) is 0 Å². The van der Waals surface area contributed by atoms with Gasteiger partial charge < -0.3 is 9.55 Å². The molecule has 9 rings (SSSR count). The molecule has 2 aromatic heterocycles. The molecule has 206 valence electrons. The Labute approximate surface area is 255 Å². The fraction of sp³-hybridized carbons (Fsp3) is 0. The highest BCUT2D eigenvalue weighted by Crippen LogP contribution is 2.38.